The van der Waals surface area contributed by atoms with Gasteiger partial charge in [-0.25, -0.2) is 0 Å². The van der Waals surface area contributed by atoms with Crippen molar-refractivity contribution in [1.82, 2.24) is 0 Å². The van der Waals surface area contributed by atoms with Gasteiger partial charge in [-0.3, -0.25) is 4.79 Å². The van der Waals surface area contributed by atoms with Gasteiger partial charge in [0.2, 0.25) is 5.69 Å². The molecular weight excluding hydrogens is 560 g/mol. The first kappa shape index (κ1) is 31.7. The summed E-state index contributed by atoms with van der Waals surface area (Å²) >= 11 is 0. The van der Waals surface area contributed by atoms with Crippen LogP contribution in [0.4, 0.5) is 11.4 Å². The molecule has 2 aliphatic rings. The van der Waals surface area contributed by atoms with Crippen LogP contribution in [0, 0.1) is 0 Å². The van der Waals surface area contributed by atoms with Gasteiger partial charge >= 0.3 is 0 Å². The number of benzene rings is 4. The fourth-order valence-corrected chi connectivity index (χ4v) is 8.00. The molecule has 0 saturated heterocycles. The van der Waals surface area contributed by atoms with Crippen LogP contribution in [0.3, 0.4) is 0 Å². The summed E-state index contributed by atoms with van der Waals surface area (Å²) in [6, 6.07) is 26.6. The van der Waals surface area contributed by atoms with Gasteiger partial charge in [0.1, 0.15) is 12.8 Å². The third-order valence-electron chi connectivity index (χ3n) is 10.2. The lowest BCUT2D eigenvalue weighted by Gasteiger charge is -2.27. The fraction of sp³-hybridized carbons (Fsp3) is 0.349. The highest BCUT2D eigenvalue weighted by Crippen LogP contribution is 2.51. The summed E-state index contributed by atoms with van der Waals surface area (Å²) in [5.41, 5.74) is 7.82. The minimum Gasteiger partial charge on any atom is -0.344 e. The smallest absolute Gasteiger partial charge is 0.210 e. The normalized spacial score (nSPS) is 17.7. The predicted molar refractivity (Wildman–Crippen MR) is 197 cm³/mol. The number of unbranched alkanes of at least 4 members (excludes halogenated alkanes) is 2. The van der Waals surface area contributed by atoms with Gasteiger partial charge in [0.25, 0.3) is 0 Å². The highest BCUT2D eigenvalue weighted by atomic mass is 16.1. The average molecular weight is 610 g/mol. The lowest BCUT2D eigenvalue weighted by atomic mass is 9.79. The van der Waals surface area contributed by atoms with Crippen molar-refractivity contribution in [3.63, 3.8) is 0 Å². The summed E-state index contributed by atoms with van der Waals surface area (Å²) in [6.45, 7) is 12.4. The van der Waals surface area contributed by atoms with Gasteiger partial charge in [-0.15, -0.1) is 0 Å². The molecule has 0 unspecified atom stereocenters. The first-order valence-corrected chi connectivity index (χ1v) is 17.2. The van der Waals surface area contributed by atoms with Gasteiger partial charge in [-0.2, -0.15) is 4.58 Å². The molecule has 4 aromatic carbocycles. The van der Waals surface area contributed by atoms with Crippen LogP contribution in [0.2, 0.25) is 0 Å². The molecule has 236 valence electrons. The fourth-order valence-electron chi connectivity index (χ4n) is 8.00. The molecule has 0 spiro atoms. The summed E-state index contributed by atoms with van der Waals surface area (Å²) in [5.74, 6) is 0.406. The van der Waals surface area contributed by atoms with Crippen molar-refractivity contribution in [2.24, 2.45) is 0 Å². The Balaban J connectivity index is 1.26. The highest BCUT2D eigenvalue weighted by Gasteiger charge is 2.44. The lowest BCUT2D eigenvalue weighted by Crippen LogP contribution is -2.27. The second-order valence-electron chi connectivity index (χ2n) is 14.1. The number of hydrogen-bond acceptors (Lipinski definition) is 2. The molecule has 4 aromatic rings. The van der Waals surface area contributed by atoms with Crippen molar-refractivity contribution >= 4 is 44.4 Å². The van der Waals surface area contributed by atoms with E-state index in [1.54, 1.807) is 0 Å². The number of rotatable bonds is 11. The van der Waals surface area contributed by atoms with Crippen LogP contribution < -0.4 is 4.90 Å². The van der Waals surface area contributed by atoms with Crippen LogP contribution in [0.5, 0.6) is 0 Å². The molecule has 0 radical (unpaired) electrons. The summed E-state index contributed by atoms with van der Waals surface area (Å²) in [5, 5.41) is 5.26. The van der Waals surface area contributed by atoms with E-state index in [4.69, 9.17) is 0 Å². The zero-order valence-electron chi connectivity index (χ0n) is 28.6. The van der Waals surface area contributed by atoms with E-state index in [1.165, 1.54) is 55.5 Å². The molecule has 46 heavy (non-hydrogen) atoms. The van der Waals surface area contributed by atoms with Crippen molar-refractivity contribution in [2.75, 3.05) is 18.5 Å². The van der Waals surface area contributed by atoms with Crippen LogP contribution in [0.25, 0.3) is 21.5 Å². The monoisotopic (exact) mass is 609 g/mol. The number of Topliss-reactive ketones (excluding diaryl/α,β-unsaturated/α-hetero) is 1. The second-order valence-corrected chi connectivity index (χ2v) is 14.1. The minimum atomic E-state index is -0.132. The number of carbonyl (C=O) groups is 1. The van der Waals surface area contributed by atoms with Crippen LogP contribution >= 0.6 is 0 Å². The van der Waals surface area contributed by atoms with Crippen LogP contribution in [-0.4, -0.2) is 29.7 Å². The zero-order valence-corrected chi connectivity index (χ0v) is 28.6. The molecule has 0 aromatic heterocycles. The molecule has 0 bridgehead atoms. The summed E-state index contributed by atoms with van der Waals surface area (Å²) < 4.78 is 2.35. The summed E-state index contributed by atoms with van der Waals surface area (Å²) in [6.07, 6.45) is 16.7. The Labute approximate surface area is 275 Å². The van der Waals surface area contributed by atoms with Crippen molar-refractivity contribution in [3.8, 4) is 0 Å². The quantitative estimate of drug-likeness (QED) is 0.0959. The molecule has 0 amide bonds. The van der Waals surface area contributed by atoms with Crippen molar-refractivity contribution in [3.05, 3.63) is 120 Å². The van der Waals surface area contributed by atoms with Gasteiger partial charge in [-0.05, 0) is 78.4 Å². The van der Waals surface area contributed by atoms with E-state index >= 15 is 0 Å². The molecule has 2 heterocycles. The number of ketones is 1. The molecule has 0 fully saturated rings. The SMILES string of the molecule is CCCC(=O)CCCCCN1C(=CC=CC=CC2=[N+](C)c3ccc4ccccc4c3C2(C)C)C(C)(C)c2c1ccc1ccccc21. The largest absolute Gasteiger partial charge is 0.344 e. The van der Waals surface area contributed by atoms with Crippen molar-refractivity contribution in [1.29, 1.82) is 0 Å². The maximum atomic E-state index is 12.1. The van der Waals surface area contributed by atoms with Crippen LogP contribution in [0.15, 0.2) is 109 Å². The predicted octanol–water partition coefficient (Wildman–Crippen LogP) is 10.7. The van der Waals surface area contributed by atoms with E-state index in [0.29, 0.717) is 18.6 Å². The summed E-state index contributed by atoms with van der Waals surface area (Å²) in [7, 11) is 2.19. The van der Waals surface area contributed by atoms with E-state index in [0.717, 1.165) is 32.2 Å². The van der Waals surface area contributed by atoms with E-state index in [-0.39, 0.29) is 10.8 Å². The van der Waals surface area contributed by atoms with Gasteiger partial charge < -0.3 is 4.90 Å². The Morgan fingerprint density at radius 1 is 0.739 bits per heavy atom. The third-order valence-corrected chi connectivity index (χ3v) is 10.2. The van der Waals surface area contributed by atoms with E-state index in [2.05, 4.69) is 154 Å². The number of allylic oxidation sites excluding steroid dienone is 6. The van der Waals surface area contributed by atoms with Gasteiger partial charge in [0.15, 0.2) is 5.71 Å². The number of nitrogens with zero attached hydrogens (tertiary/aromatic N) is 2. The maximum Gasteiger partial charge on any atom is 0.210 e. The number of fused-ring (bicyclic) bond motifs is 6. The molecule has 0 saturated carbocycles. The van der Waals surface area contributed by atoms with Gasteiger partial charge in [-0.1, -0.05) is 100 Å². The summed E-state index contributed by atoms with van der Waals surface area (Å²) in [4.78, 5) is 14.6. The first-order chi connectivity index (χ1) is 22.2. The molecule has 2 aliphatic heterocycles. The third kappa shape index (κ3) is 5.66. The maximum absolute atomic E-state index is 12.1. The molecule has 3 heteroatoms. The Morgan fingerprint density at radius 2 is 1.41 bits per heavy atom. The molecule has 0 atom stereocenters. The second kappa shape index (κ2) is 12.9. The highest BCUT2D eigenvalue weighted by molar-refractivity contribution is 6.07. The average Bonchev–Trinajstić information content (AvgIpc) is 3.38. The molecule has 0 aliphatic carbocycles. The van der Waals surface area contributed by atoms with Crippen molar-refractivity contribution in [2.45, 2.75) is 84.0 Å². The number of hydrogen-bond donors (Lipinski definition) is 0. The van der Waals surface area contributed by atoms with Crippen molar-refractivity contribution < 1.29 is 9.37 Å². The molecule has 0 N–H and O–H groups in total. The lowest BCUT2D eigenvalue weighted by molar-refractivity contribution is -0.401. The van der Waals surface area contributed by atoms with E-state index < -0.39 is 0 Å². The van der Waals surface area contributed by atoms with Gasteiger partial charge in [0.05, 0.1) is 5.41 Å². The standard InChI is InChI=1S/C43H49N2O/c1-7-18-33(46)21-10-9-17-30-45-37-29-27-32-20-14-16-23-35(32)41(37)43(4,5)39(45)25-12-8-11-24-38-42(2,3)40-34-22-15-13-19-31(34)26-28-36(40)44(38)6/h8,11-16,19-20,22-29H,7,9-10,17-18,21,30H2,1-6H3/q+1. The number of carbonyl (C=O) groups excluding carboxylic acids is 1. The minimum absolute atomic E-state index is 0.0954. The number of anilines is 1. The molecular formula is C43H49N2O+. The Kier molecular flexibility index (Phi) is 8.88. The Hall–Kier alpha value is -4.24. The topological polar surface area (TPSA) is 23.3 Å². The Morgan fingerprint density at radius 3 is 2.13 bits per heavy atom. The van der Waals surface area contributed by atoms with Crippen LogP contribution in [-0.2, 0) is 15.6 Å². The Bertz CT molecular complexity index is 1920. The molecule has 3 nitrogen and oxygen atoms in total. The zero-order chi connectivity index (χ0) is 32.5. The van der Waals surface area contributed by atoms with E-state index in [1.807, 2.05) is 0 Å². The first-order valence-electron chi connectivity index (χ1n) is 17.2. The van der Waals surface area contributed by atoms with Gasteiger partial charge in [0, 0.05) is 53.9 Å². The molecule has 6 rings (SSSR count). The van der Waals surface area contributed by atoms with E-state index in [9.17, 15) is 4.79 Å². The van der Waals surface area contributed by atoms with Crippen LogP contribution in [0.1, 0.15) is 84.3 Å².